The Morgan fingerprint density at radius 2 is 2.00 bits per heavy atom. The van der Waals surface area contributed by atoms with Crippen LogP contribution in [0.5, 0.6) is 0 Å². The van der Waals surface area contributed by atoms with Crippen LogP contribution in [0.4, 0.5) is 0 Å². The molecule has 1 N–H and O–H groups in total. The van der Waals surface area contributed by atoms with Crippen molar-refractivity contribution in [2.45, 2.75) is 32.2 Å². The standard InChI is InChI=1S/C16H22BrN3/c1-4-10-18-15(16-14(17)11-19-20(16)3)12(2)13-8-6-5-7-9-13/h5-9,11-12,15,18H,4,10H2,1-3H3. The van der Waals surface area contributed by atoms with Crippen molar-refractivity contribution >= 4 is 15.9 Å². The molecule has 1 heterocycles. The Kier molecular flexibility index (Phi) is 5.38. The summed E-state index contributed by atoms with van der Waals surface area (Å²) in [5, 5.41) is 8.01. The Hall–Kier alpha value is -1.13. The summed E-state index contributed by atoms with van der Waals surface area (Å²) in [6, 6.07) is 10.9. The van der Waals surface area contributed by atoms with E-state index in [9.17, 15) is 0 Å². The van der Waals surface area contributed by atoms with Gasteiger partial charge in [-0.25, -0.2) is 0 Å². The molecule has 0 radical (unpaired) electrons. The monoisotopic (exact) mass is 335 g/mol. The molecule has 0 aliphatic heterocycles. The highest BCUT2D eigenvalue weighted by Crippen LogP contribution is 2.34. The molecule has 0 aliphatic rings. The van der Waals surface area contributed by atoms with Gasteiger partial charge in [0.25, 0.3) is 0 Å². The highest BCUT2D eigenvalue weighted by molar-refractivity contribution is 9.10. The van der Waals surface area contributed by atoms with E-state index in [1.165, 1.54) is 11.3 Å². The van der Waals surface area contributed by atoms with Gasteiger partial charge in [-0.2, -0.15) is 5.10 Å². The van der Waals surface area contributed by atoms with E-state index >= 15 is 0 Å². The third-order valence-electron chi connectivity index (χ3n) is 3.67. The lowest BCUT2D eigenvalue weighted by Gasteiger charge is -2.26. The fraction of sp³-hybridized carbons (Fsp3) is 0.438. The first-order valence-electron chi connectivity index (χ1n) is 7.10. The van der Waals surface area contributed by atoms with E-state index in [0.717, 1.165) is 17.4 Å². The summed E-state index contributed by atoms with van der Waals surface area (Å²) in [5.41, 5.74) is 2.55. The molecule has 108 valence electrons. The first-order chi connectivity index (χ1) is 9.65. The van der Waals surface area contributed by atoms with E-state index in [4.69, 9.17) is 0 Å². The van der Waals surface area contributed by atoms with Crippen LogP contribution in [0.1, 0.15) is 43.5 Å². The average molecular weight is 336 g/mol. The summed E-state index contributed by atoms with van der Waals surface area (Å²) < 4.78 is 3.02. The molecule has 3 nitrogen and oxygen atoms in total. The smallest absolute Gasteiger partial charge is 0.0698 e. The third kappa shape index (κ3) is 3.30. The number of benzene rings is 1. The van der Waals surface area contributed by atoms with Gasteiger partial charge in [0.1, 0.15) is 0 Å². The van der Waals surface area contributed by atoms with E-state index in [1.54, 1.807) is 0 Å². The van der Waals surface area contributed by atoms with Crippen molar-refractivity contribution in [2.24, 2.45) is 7.05 Å². The van der Waals surface area contributed by atoms with Crippen molar-refractivity contribution in [3.8, 4) is 0 Å². The van der Waals surface area contributed by atoms with E-state index < -0.39 is 0 Å². The van der Waals surface area contributed by atoms with Crippen LogP contribution in [0.15, 0.2) is 41.0 Å². The first kappa shape index (κ1) is 15.3. The topological polar surface area (TPSA) is 29.9 Å². The molecular formula is C16H22BrN3. The number of hydrogen-bond donors (Lipinski definition) is 1. The van der Waals surface area contributed by atoms with Gasteiger partial charge in [0.2, 0.25) is 0 Å². The van der Waals surface area contributed by atoms with Gasteiger partial charge in [-0.1, -0.05) is 44.2 Å². The van der Waals surface area contributed by atoms with Crippen LogP contribution in [-0.2, 0) is 7.05 Å². The van der Waals surface area contributed by atoms with Crippen LogP contribution in [0, 0.1) is 0 Å². The van der Waals surface area contributed by atoms with Gasteiger partial charge >= 0.3 is 0 Å². The summed E-state index contributed by atoms with van der Waals surface area (Å²) in [6.07, 6.45) is 2.99. The Morgan fingerprint density at radius 3 is 2.55 bits per heavy atom. The first-order valence-corrected chi connectivity index (χ1v) is 7.90. The van der Waals surface area contributed by atoms with Crippen molar-refractivity contribution in [1.29, 1.82) is 0 Å². The average Bonchev–Trinajstić information content (AvgIpc) is 2.80. The van der Waals surface area contributed by atoms with Crippen LogP contribution in [-0.4, -0.2) is 16.3 Å². The van der Waals surface area contributed by atoms with Crippen LogP contribution in [0.3, 0.4) is 0 Å². The lowest BCUT2D eigenvalue weighted by Crippen LogP contribution is -2.28. The van der Waals surface area contributed by atoms with Crippen molar-refractivity contribution in [1.82, 2.24) is 15.1 Å². The second-order valence-electron chi connectivity index (χ2n) is 5.13. The molecule has 0 amide bonds. The molecule has 0 bridgehead atoms. The SMILES string of the molecule is CCCNC(c1c(Br)cnn1C)C(C)c1ccccc1. The summed E-state index contributed by atoms with van der Waals surface area (Å²) in [6.45, 7) is 5.46. The maximum absolute atomic E-state index is 4.35. The number of nitrogens with one attached hydrogen (secondary N) is 1. The fourth-order valence-electron chi connectivity index (χ4n) is 2.53. The predicted octanol–water partition coefficient (Wildman–Crippen LogP) is 4.03. The minimum atomic E-state index is 0.249. The number of nitrogens with zero attached hydrogens (tertiary/aromatic N) is 2. The number of aromatic nitrogens is 2. The maximum atomic E-state index is 4.35. The molecular weight excluding hydrogens is 314 g/mol. The summed E-state index contributed by atoms with van der Waals surface area (Å²) >= 11 is 3.63. The zero-order chi connectivity index (χ0) is 14.5. The van der Waals surface area contributed by atoms with Crippen LogP contribution < -0.4 is 5.32 Å². The summed E-state index contributed by atoms with van der Waals surface area (Å²) in [5.74, 6) is 0.384. The summed E-state index contributed by atoms with van der Waals surface area (Å²) in [7, 11) is 2.00. The van der Waals surface area contributed by atoms with Crippen molar-refractivity contribution in [3.63, 3.8) is 0 Å². The lowest BCUT2D eigenvalue weighted by atomic mass is 9.91. The van der Waals surface area contributed by atoms with Gasteiger partial charge in [0, 0.05) is 13.0 Å². The van der Waals surface area contributed by atoms with Crippen molar-refractivity contribution < 1.29 is 0 Å². The minimum absolute atomic E-state index is 0.249. The molecule has 2 atom stereocenters. The highest BCUT2D eigenvalue weighted by atomic mass is 79.9. The Balaban J connectivity index is 2.33. The molecule has 1 aromatic heterocycles. The van der Waals surface area contributed by atoms with E-state index in [-0.39, 0.29) is 6.04 Å². The third-order valence-corrected chi connectivity index (χ3v) is 4.28. The van der Waals surface area contributed by atoms with Gasteiger partial charge in [0.05, 0.1) is 22.4 Å². The van der Waals surface area contributed by atoms with Gasteiger partial charge < -0.3 is 5.32 Å². The molecule has 0 saturated carbocycles. The molecule has 0 fully saturated rings. The number of rotatable bonds is 6. The number of hydrogen-bond acceptors (Lipinski definition) is 2. The van der Waals surface area contributed by atoms with Crippen molar-refractivity contribution in [3.05, 3.63) is 52.3 Å². The molecule has 20 heavy (non-hydrogen) atoms. The molecule has 2 rings (SSSR count). The molecule has 0 spiro atoms. The Morgan fingerprint density at radius 1 is 1.30 bits per heavy atom. The Labute approximate surface area is 129 Å². The van der Waals surface area contributed by atoms with Gasteiger partial charge in [-0.05, 0) is 34.5 Å². The van der Waals surface area contributed by atoms with Gasteiger partial charge in [0.15, 0.2) is 0 Å². The van der Waals surface area contributed by atoms with E-state index in [2.05, 4.69) is 70.5 Å². The zero-order valence-corrected chi connectivity index (χ0v) is 13.9. The quantitative estimate of drug-likeness (QED) is 0.863. The molecule has 2 aromatic rings. The lowest BCUT2D eigenvalue weighted by molar-refractivity contribution is 0.437. The van der Waals surface area contributed by atoms with Crippen LogP contribution >= 0.6 is 15.9 Å². The van der Waals surface area contributed by atoms with Crippen LogP contribution in [0.2, 0.25) is 0 Å². The highest BCUT2D eigenvalue weighted by Gasteiger charge is 2.25. The Bertz CT molecular complexity index is 516. The fourth-order valence-corrected chi connectivity index (χ4v) is 3.12. The molecule has 0 aliphatic carbocycles. The summed E-state index contributed by atoms with van der Waals surface area (Å²) in [4.78, 5) is 0. The molecule has 1 aromatic carbocycles. The van der Waals surface area contributed by atoms with E-state index in [1.807, 2.05) is 17.9 Å². The van der Waals surface area contributed by atoms with E-state index in [0.29, 0.717) is 5.92 Å². The molecule has 0 saturated heterocycles. The predicted molar refractivity (Wildman–Crippen MR) is 86.8 cm³/mol. The van der Waals surface area contributed by atoms with Gasteiger partial charge in [-0.3, -0.25) is 4.68 Å². The molecule has 2 unspecified atom stereocenters. The van der Waals surface area contributed by atoms with Crippen molar-refractivity contribution in [2.75, 3.05) is 6.54 Å². The van der Waals surface area contributed by atoms with Gasteiger partial charge in [-0.15, -0.1) is 0 Å². The zero-order valence-electron chi connectivity index (χ0n) is 12.3. The van der Waals surface area contributed by atoms with Crippen LogP contribution in [0.25, 0.3) is 0 Å². The maximum Gasteiger partial charge on any atom is 0.0698 e. The second kappa shape index (κ2) is 7.04. The number of halogens is 1. The molecule has 4 heteroatoms. The minimum Gasteiger partial charge on any atom is -0.308 e. The normalized spacial score (nSPS) is 14.2. The number of aryl methyl sites for hydroxylation is 1. The largest absolute Gasteiger partial charge is 0.308 e. The second-order valence-corrected chi connectivity index (χ2v) is 5.99.